The van der Waals surface area contributed by atoms with E-state index in [4.69, 9.17) is 9.47 Å². The SMILES string of the molecule is COC(=O)N1CC(Cc2ccccc2)C2OCC(=O)C21. The van der Waals surface area contributed by atoms with Crippen molar-refractivity contribution in [3.63, 3.8) is 0 Å². The molecule has 0 N–H and O–H groups in total. The molecule has 0 bridgehead atoms. The maximum Gasteiger partial charge on any atom is 0.410 e. The number of amides is 1. The topological polar surface area (TPSA) is 55.8 Å². The summed E-state index contributed by atoms with van der Waals surface area (Å²) in [5.74, 6) is 0.101. The second kappa shape index (κ2) is 5.25. The zero-order valence-corrected chi connectivity index (χ0v) is 11.3. The van der Waals surface area contributed by atoms with Crippen LogP contribution in [0.15, 0.2) is 30.3 Å². The number of methoxy groups -OCH3 is 1. The van der Waals surface area contributed by atoms with Crippen LogP contribution in [0.5, 0.6) is 0 Å². The molecule has 5 nitrogen and oxygen atoms in total. The number of benzene rings is 1. The van der Waals surface area contributed by atoms with Gasteiger partial charge in [0.05, 0.1) is 13.2 Å². The van der Waals surface area contributed by atoms with Crippen molar-refractivity contribution in [2.24, 2.45) is 5.92 Å². The van der Waals surface area contributed by atoms with Crippen LogP contribution >= 0.6 is 0 Å². The molecule has 2 fully saturated rings. The molecule has 3 rings (SSSR count). The van der Waals surface area contributed by atoms with Crippen LogP contribution in [0.3, 0.4) is 0 Å². The van der Waals surface area contributed by atoms with Gasteiger partial charge in [-0.05, 0) is 12.0 Å². The van der Waals surface area contributed by atoms with Gasteiger partial charge in [0.25, 0.3) is 0 Å². The number of ketones is 1. The minimum absolute atomic E-state index is 0.0315. The van der Waals surface area contributed by atoms with Gasteiger partial charge in [0.2, 0.25) is 0 Å². The predicted octanol–water partition coefficient (Wildman–Crippen LogP) is 1.26. The summed E-state index contributed by atoms with van der Waals surface area (Å²) in [7, 11) is 1.34. The maximum atomic E-state index is 11.9. The van der Waals surface area contributed by atoms with Crippen LogP contribution in [0.4, 0.5) is 4.79 Å². The molecule has 0 aromatic heterocycles. The molecule has 2 saturated heterocycles. The van der Waals surface area contributed by atoms with Gasteiger partial charge in [-0.25, -0.2) is 4.79 Å². The number of rotatable bonds is 2. The lowest BCUT2D eigenvalue weighted by Crippen LogP contribution is -2.41. The molecule has 2 aliphatic heterocycles. The highest BCUT2D eigenvalue weighted by Gasteiger charge is 2.52. The van der Waals surface area contributed by atoms with Crippen LogP contribution in [0.25, 0.3) is 0 Å². The molecule has 5 heteroatoms. The Bertz CT molecular complexity index is 516. The van der Waals surface area contributed by atoms with E-state index in [1.807, 2.05) is 30.3 Å². The Balaban J connectivity index is 1.80. The summed E-state index contributed by atoms with van der Waals surface area (Å²) in [6, 6.07) is 9.56. The van der Waals surface area contributed by atoms with Crippen LogP contribution in [0.1, 0.15) is 5.56 Å². The van der Waals surface area contributed by atoms with E-state index in [1.165, 1.54) is 17.6 Å². The molecule has 106 valence electrons. The van der Waals surface area contributed by atoms with Crippen molar-refractivity contribution >= 4 is 11.9 Å². The van der Waals surface area contributed by atoms with E-state index < -0.39 is 12.1 Å². The molecule has 3 atom stereocenters. The minimum atomic E-state index is -0.476. The minimum Gasteiger partial charge on any atom is -0.453 e. The van der Waals surface area contributed by atoms with Crippen molar-refractivity contribution in [3.8, 4) is 0 Å². The number of nitrogens with zero attached hydrogens (tertiary/aromatic N) is 1. The summed E-state index contributed by atoms with van der Waals surface area (Å²) < 4.78 is 10.4. The molecule has 1 aromatic rings. The van der Waals surface area contributed by atoms with E-state index >= 15 is 0 Å². The van der Waals surface area contributed by atoms with Crippen molar-refractivity contribution in [2.75, 3.05) is 20.3 Å². The molecular weight excluding hydrogens is 258 g/mol. The van der Waals surface area contributed by atoms with E-state index in [1.54, 1.807) is 0 Å². The van der Waals surface area contributed by atoms with Crippen LogP contribution in [-0.4, -0.2) is 49.2 Å². The predicted molar refractivity (Wildman–Crippen MR) is 71.3 cm³/mol. The lowest BCUT2D eigenvalue weighted by molar-refractivity contribution is -0.121. The normalized spacial score (nSPS) is 28.6. The van der Waals surface area contributed by atoms with Crippen LogP contribution in [0, 0.1) is 5.92 Å². The van der Waals surface area contributed by atoms with E-state index in [0.717, 1.165) is 6.42 Å². The molecule has 0 saturated carbocycles. The highest BCUT2D eigenvalue weighted by Crippen LogP contribution is 2.34. The van der Waals surface area contributed by atoms with Crippen molar-refractivity contribution in [1.29, 1.82) is 0 Å². The zero-order valence-electron chi connectivity index (χ0n) is 11.3. The van der Waals surface area contributed by atoms with E-state index in [0.29, 0.717) is 6.54 Å². The molecule has 0 radical (unpaired) electrons. The molecule has 1 aromatic carbocycles. The highest BCUT2D eigenvalue weighted by molar-refractivity contribution is 5.91. The number of hydrogen-bond acceptors (Lipinski definition) is 4. The Morgan fingerprint density at radius 2 is 2.15 bits per heavy atom. The van der Waals surface area contributed by atoms with Gasteiger partial charge in [-0.2, -0.15) is 0 Å². The first-order chi connectivity index (χ1) is 9.70. The van der Waals surface area contributed by atoms with Crippen molar-refractivity contribution < 1.29 is 19.1 Å². The number of carbonyl (C=O) groups excluding carboxylic acids is 2. The molecule has 0 aliphatic carbocycles. The monoisotopic (exact) mass is 275 g/mol. The molecule has 1 amide bonds. The van der Waals surface area contributed by atoms with Crippen LogP contribution < -0.4 is 0 Å². The second-order valence-electron chi connectivity index (χ2n) is 5.26. The standard InChI is InChI=1S/C15H17NO4/c1-19-15(18)16-8-11(7-10-5-3-2-4-6-10)14-13(16)12(17)9-20-14/h2-6,11,13-14H,7-9H2,1H3. The maximum absolute atomic E-state index is 11.9. The van der Waals surface area contributed by atoms with Crippen LogP contribution in [-0.2, 0) is 20.7 Å². The third kappa shape index (κ3) is 2.18. The number of fused-ring (bicyclic) bond motifs is 1. The third-order valence-corrected chi connectivity index (χ3v) is 4.04. The highest BCUT2D eigenvalue weighted by atomic mass is 16.5. The molecule has 0 spiro atoms. The summed E-state index contributed by atoms with van der Waals surface area (Å²) >= 11 is 0. The summed E-state index contributed by atoms with van der Waals surface area (Å²) in [5, 5.41) is 0. The molecule has 3 unspecified atom stereocenters. The smallest absolute Gasteiger partial charge is 0.410 e. The number of carbonyl (C=O) groups is 2. The Hall–Kier alpha value is -1.88. The number of hydrogen-bond donors (Lipinski definition) is 0. The Kier molecular flexibility index (Phi) is 3.44. The van der Waals surface area contributed by atoms with Crippen LogP contribution in [0.2, 0.25) is 0 Å². The van der Waals surface area contributed by atoms with E-state index in [2.05, 4.69) is 0 Å². The average Bonchev–Trinajstić information content (AvgIpc) is 3.02. The average molecular weight is 275 g/mol. The molecule has 2 heterocycles. The summed E-state index contributed by atoms with van der Waals surface area (Å²) in [6.45, 7) is 0.594. The second-order valence-corrected chi connectivity index (χ2v) is 5.26. The molecule has 20 heavy (non-hydrogen) atoms. The first-order valence-corrected chi connectivity index (χ1v) is 6.73. The van der Waals surface area contributed by atoms with Gasteiger partial charge >= 0.3 is 6.09 Å². The van der Waals surface area contributed by atoms with Gasteiger partial charge in [0.1, 0.15) is 12.6 Å². The molecule has 2 aliphatic rings. The Morgan fingerprint density at radius 1 is 1.40 bits per heavy atom. The van der Waals surface area contributed by atoms with Crippen molar-refractivity contribution in [3.05, 3.63) is 35.9 Å². The Morgan fingerprint density at radius 3 is 2.85 bits per heavy atom. The lowest BCUT2D eigenvalue weighted by Gasteiger charge is -2.19. The van der Waals surface area contributed by atoms with Crippen molar-refractivity contribution in [2.45, 2.75) is 18.6 Å². The van der Waals surface area contributed by atoms with Gasteiger partial charge in [0.15, 0.2) is 5.78 Å². The first-order valence-electron chi connectivity index (χ1n) is 6.73. The number of ether oxygens (including phenoxy) is 2. The third-order valence-electron chi connectivity index (χ3n) is 4.04. The fourth-order valence-corrected chi connectivity index (χ4v) is 3.16. The quantitative estimate of drug-likeness (QED) is 0.815. The lowest BCUT2D eigenvalue weighted by atomic mass is 9.94. The summed E-state index contributed by atoms with van der Waals surface area (Å²) in [4.78, 5) is 25.2. The fraction of sp³-hybridized carbons (Fsp3) is 0.467. The number of likely N-dealkylation sites (tertiary alicyclic amines) is 1. The largest absolute Gasteiger partial charge is 0.453 e. The fourth-order valence-electron chi connectivity index (χ4n) is 3.16. The summed E-state index contributed by atoms with van der Waals surface area (Å²) in [5.41, 5.74) is 1.19. The van der Waals surface area contributed by atoms with Gasteiger partial charge in [-0.1, -0.05) is 30.3 Å². The Labute approximate surface area is 117 Å². The van der Waals surface area contributed by atoms with Gasteiger partial charge in [0, 0.05) is 12.5 Å². The number of Topliss-reactive ketones (excluding diaryl/α,β-unsaturated/α-hetero) is 1. The van der Waals surface area contributed by atoms with Gasteiger partial charge in [-0.15, -0.1) is 0 Å². The van der Waals surface area contributed by atoms with Crippen molar-refractivity contribution in [1.82, 2.24) is 4.90 Å². The van der Waals surface area contributed by atoms with Gasteiger partial charge < -0.3 is 9.47 Å². The van der Waals surface area contributed by atoms with Gasteiger partial charge in [-0.3, -0.25) is 9.69 Å². The zero-order chi connectivity index (χ0) is 14.1. The first kappa shape index (κ1) is 13.1. The summed E-state index contributed by atoms with van der Waals surface area (Å²) in [6.07, 6.45) is 0.138. The molecular formula is C15H17NO4. The van der Waals surface area contributed by atoms with E-state index in [-0.39, 0.29) is 24.4 Å². The van der Waals surface area contributed by atoms with E-state index in [9.17, 15) is 9.59 Å².